The van der Waals surface area contributed by atoms with Crippen molar-refractivity contribution in [3.05, 3.63) is 63.9 Å². The number of H-pyrrole nitrogens is 1. The molecule has 3 aromatic rings. The Morgan fingerprint density at radius 2 is 1.88 bits per heavy atom. The van der Waals surface area contributed by atoms with Gasteiger partial charge in [0.05, 0.1) is 16.7 Å². The molecule has 5 nitrogen and oxygen atoms in total. The SMILES string of the molecule is Cc1cc(C)cc(NC(=O)CSc2nc3ccccc3c(=O)[nH]2)c1. The summed E-state index contributed by atoms with van der Waals surface area (Å²) in [7, 11) is 0. The third kappa shape index (κ3) is 3.83. The molecule has 1 aromatic heterocycles. The minimum absolute atomic E-state index is 0.138. The minimum Gasteiger partial charge on any atom is -0.325 e. The minimum atomic E-state index is -0.196. The van der Waals surface area contributed by atoms with Gasteiger partial charge in [-0.25, -0.2) is 4.98 Å². The Labute approximate surface area is 143 Å². The molecule has 0 bridgehead atoms. The van der Waals surface area contributed by atoms with Gasteiger partial charge in [-0.2, -0.15) is 0 Å². The number of benzene rings is 2. The first-order chi connectivity index (χ1) is 11.5. The third-order valence-electron chi connectivity index (χ3n) is 3.44. The van der Waals surface area contributed by atoms with Gasteiger partial charge in [0.1, 0.15) is 0 Å². The van der Waals surface area contributed by atoms with Crippen molar-refractivity contribution in [3.8, 4) is 0 Å². The molecular weight excluding hydrogens is 322 g/mol. The fraction of sp³-hybridized carbons (Fsp3) is 0.167. The number of nitrogens with zero attached hydrogens (tertiary/aromatic N) is 1. The Balaban J connectivity index is 1.69. The van der Waals surface area contributed by atoms with Crippen molar-refractivity contribution in [1.82, 2.24) is 9.97 Å². The van der Waals surface area contributed by atoms with Crippen LogP contribution in [0.25, 0.3) is 10.9 Å². The second-order valence-electron chi connectivity index (χ2n) is 5.60. The summed E-state index contributed by atoms with van der Waals surface area (Å²) in [4.78, 5) is 31.2. The van der Waals surface area contributed by atoms with Gasteiger partial charge in [-0.15, -0.1) is 0 Å². The number of fused-ring (bicyclic) bond motifs is 1. The van der Waals surface area contributed by atoms with E-state index in [1.54, 1.807) is 18.2 Å². The van der Waals surface area contributed by atoms with Crippen molar-refractivity contribution in [2.24, 2.45) is 0 Å². The summed E-state index contributed by atoms with van der Waals surface area (Å²) >= 11 is 1.21. The number of hydrogen-bond acceptors (Lipinski definition) is 4. The molecule has 0 saturated heterocycles. The lowest BCUT2D eigenvalue weighted by Gasteiger charge is -2.07. The zero-order valence-electron chi connectivity index (χ0n) is 13.4. The normalized spacial score (nSPS) is 10.8. The molecule has 0 fully saturated rings. The molecule has 2 N–H and O–H groups in total. The highest BCUT2D eigenvalue weighted by atomic mass is 32.2. The molecule has 0 atom stereocenters. The molecule has 0 aliphatic heterocycles. The largest absolute Gasteiger partial charge is 0.325 e. The van der Waals surface area contributed by atoms with Gasteiger partial charge in [-0.3, -0.25) is 9.59 Å². The van der Waals surface area contributed by atoms with E-state index in [4.69, 9.17) is 0 Å². The van der Waals surface area contributed by atoms with Gasteiger partial charge in [0.25, 0.3) is 5.56 Å². The summed E-state index contributed by atoms with van der Waals surface area (Å²) in [6, 6.07) is 13.0. The lowest BCUT2D eigenvalue weighted by molar-refractivity contribution is -0.113. The fourth-order valence-corrected chi connectivity index (χ4v) is 3.18. The van der Waals surface area contributed by atoms with E-state index in [1.165, 1.54) is 11.8 Å². The molecule has 0 aliphatic rings. The second-order valence-corrected chi connectivity index (χ2v) is 6.57. The maximum absolute atomic E-state index is 12.1. The number of carbonyl (C=O) groups is 1. The molecule has 1 amide bonds. The van der Waals surface area contributed by atoms with Crippen LogP contribution in [0, 0.1) is 13.8 Å². The number of aromatic nitrogens is 2. The van der Waals surface area contributed by atoms with Gasteiger partial charge < -0.3 is 10.3 Å². The maximum atomic E-state index is 12.1. The summed E-state index contributed by atoms with van der Waals surface area (Å²) in [6.07, 6.45) is 0. The Morgan fingerprint density at radius 1 is 1.17 bits per heavy atom. The zero-order chi connectivity index (χ0) is 17.1. The van der Waals surface area contributed by atoms with Crippen LogP contribution < -0.4 is 10.9 Å². The smallest absolute Gasteiger partial charge is 0.259 e. The first-order valence-corrected chi connectivity index (χ1v) is 8.50. The average Bonchev–Trinajstić information content (AvgIpc) is 2.52. The first-order valence-electron chi connectivity index (χ1n) is 7.51. The third-order valence-corrected chi connectivity index (χ3v) is 4.31. The predicted octanol–water partition coefficient (Wildman–Crippen LogP) is 3.27. The molecule has 0 unspecified atom stereocenters. The molecule has 1 heterocycles. The lowest BCUT2D eigenvalue weighted by Crippen LogP contribution is -2.15. The molecule has 0 aliphatic carbocycles. The maximum Gasteiger partial charge on any atom is 0.259 e. The van der Waals surface area contributed by atoms with Crippen molar-refractivity contribution in [1.29, 1.82) is 0 Å². The van der Waals surface area contributed by atoms with Crippen molar-refractivity contribution in [2.45, 2.75) is 19.0 Å². The van der Waals surface area contributed by atoms with Crippen LogP contribution in [0.4, 0.5) is 5.69 Å². The van der Waals surface area contributed by atoms with Crippen molar-refractivity contribution >= 4 is 34.3 Å². The van der Waals surface area contributed by atoms with E-state index in [0.29, 0.717) is 16.1 Å². The molecular formula is C18H17N3O2S. The second kappa shape index (κ2) is 6.88. The zero-order valence-corrected chi connectivity index (χ0v) is 14.2. The van der Waals surface area contributed by atoms with E-state index in [0.717, 1.165) is 16.8 Å². The molecule has 0 spiro atoms. The Morgan fingerprint density at radius 3 is 2.62 bits per heavy atom. The number of carbonyl (C=O) groups excluding carboxylic acids is 1. The number of aromatic amines is 1. The van der Waals surface area contributed by atoms with Crippen LogP contribution in [-0.4, -0.2) is 21.6 Å². The molecule has 0 radical (unpaired) electrons. The van der Waals surface area contributed by atoms with Crippen LogP contribution in [0.2, 0.25) is 0 Å². The van der Waals surface area contributed by atoms with Gasteiger partial charge in [0.2, 0.25) is 5.91 Å². The lowest BCUT2D eigenvalue weighted by atomic mass is 10.1. The summed E-state index contributed by atoms with van der Waals surface area (Å²) in [5.41, 5.74) is 3.39. The highest BCUT2D eigenvalue weighted by Crippen LogP contribution is 2.17. The number of hydrogen-bond donors (Lipinski definition) is 2. The molecule has 2 aromatic carbocycles. The number of para-hydroxylation sites is 1. The summed E-state index contributed by atoms with van der Waals surface area (Å²) in [6.45, 7) is 3.97. The molecule has 6 heteroatoms. The average molecular weight is 339 g/mol. The van der Waals surface area contributed by atoms with Gasteiger partial charge in [0, 0.05) is 5.69 Å². The highest BCUT2D eigenvalue weighted by Gasteiger charge is 2.08. The van der Waals surface area contributed by atoms with Gasteiger partial charge in [-0.05, 0) is 49.2 Å². The van der Waals surface area contributed by atoms with Crippen molar-refractivity contribution < 1.29 is 4.79 Å². The number of anilines is 1. The topological polar surface area (TPSA) is 74.8 Å². The van der Waals surface area contributed by atoms with Crippen LogP contribution in [0.15, 0.2) is 52.4 Å². The fourth-order valence-electron chi connectivity index (χ4n) is 2.51. The molecule has 24 heavy (non-hydrogen) atoms. The number of nitrogens with one attached hydrogen (secondary N) is 2. The quantitative estimate of drug-likeness (QED) is 0.565. The van der Waals surface area contributed by atoms with E-state index >= 15 is 0 Å². The molecule has 0 saturated carbocycles. The first kappa shape index (κ1) is 16.3. The van der Waals surface area contributed by atoms with E-state index < -0.39 is 0 Å². The number of rotatable bonds is 4. The summed E-state index contributed by atoms with van der Waals surface area (Å²) in [5, 5.41) is 3.85. The van der Waals surface area contributed by atoms with Gasteiger partial charge >= 0.3 is 0 Å². The van der Waals surface area contributed by atoms with Gasteiger partial charge in [0.15, 0.2) is 5.16 Å². The van der Waals surface area contributed by atoms with Crippen LogP contribution in [-0.2, 0) is 4.79 Å². The standard InChI is InChI=1S/C18H17N3O2S/c1-11-7-12(2)9-13(8-11)19-16(22)10-24-18-20-15-6-4-3-5-14(15)17(23)21-18/h3-9H,10H2,1-2H3,(H,19,22)(H,20,21,23). The van der Waals surface area contributed by atoms with E-state index in [1.807, 2.05) is 38.1 Å². The number of thioether (sulfide) groups is 1. The Bertz CT molecular complexity index is 946. The monoisotopic (exact) mass is 339 g/mol. The summed E-state index contributed by atoms with van der Waals surface area (Å²) < 4.78 is 0. The van der Waals surface area contributed by atoms with Gasteiger partial charge in [-0.1, -0.05) is 30.0 Å². The van der Waals surface area contributed by atoms with E-state index in [2.05, 4.69) is 15.3 Å². The van der Waals surface area contributed by atoms with Crippen LogP contribution in [0.1, 0.15) is 11.1 Å². The molecule has 122 valence electrons. The van der Waals surface area contributed by atoms with Crippen LogP contribution in [0.3, 0.4) is 0 Å². The van der Waals surface area contributed by atoms with E-state index in [9.17, 15) is 9.59 Å². The number of aryl methyl sites for hydroxylation is 2. The van der Waals surface area contributed by atoms with Crippen molar-refractivity contribution in [3.63, 3.8) is 0 Å². The Hall–Kier alpha value is -2.60. The Kier molecular flexibility index (Phi) is 4.66. The predicted molar refractivity (Wildman–Crippen MR) is 97.6 cm³/mol. The number of amides is 1. The van der Waals surface area contributed by atoms with Crippen LogP contribution >= 0.6 is 11.8 Å². The van der Waals surface area contributed by atoms with Crippen molar-refractivity contribution in [2.75, 3.05) is 11.1 Å². The summed E-state index contributed by atoms with van der Waals surface area (Å²) in [5.74, 6) is 0.0367. The van der Waals surface area contributed by atoms with Crippen LogP contribution in [0.5, 0.6) is 0 Å². The molecule has 3 rings (SSSR count). The highest BCUT2D eigenvalue weighted by molar-refractivity contribution is 7.99. The van der Waals surface area contributed by atoms with E-state index in [-0.39, 0.29) is 17.2 Å².